The van der Waals surface area contributed by atoms with Crippen molar-refractivity contribution in [3.8, 4) is 0 Å². The number of anilines is 1. The molecule has 0 saturated carbocycles. The molecule has 27 heavy (non-hydrogen) atoms. The van der Waals surface area contributed by atoms with Crippen molar-refractivity contribution in [2.24, 2.45) is 5.92 Å². The highest BCUT2D eigenvalue weighted by atomic mass is 35.5. The van der Waals surface area contributed by atoms with Gasteiger partial charge in [0.15, 0.2) is 0 Å². The van der Waals surface area contributed by atoms with Gasteiger partial charge in [-0.1, -0.05) is 67.9 Å². The second kappa shape index (κ2) is 7.16. The predicted molar refractivity (Wildman–Crippen MR) is 106 cm³/mol. The molecule has 1 amide bonds. The first kappa shape index (κ1) is 17.7. The SMILES string of the molecule is CC(C)C(=O)N1c2ncnn2[C@@H](c2ccccc2)C[C@@H]1c1ccc(Cl)cc1. The van der Waals surface area contributed by atoms with Crippen LogP contribution < -0.4 is 4.90 Å². The van der Waals surface area contributed by atoms with Gasteiger partial charge >= 0.3 is 0 Å². The fourth-order valence-corrected chi connectivity index (χ4v) is 3.77. The molecule has 0 bridgehead atoms. The Kier molecular flexibility index (Phi) is 4.70. The number of rotatable bonds is 3. The number of aromatic nitrogens is 3. The third kappa shape index (κ3) is 3.23. The number of carbonyl (C=O) groups excluding carboxylic acids is 1. The van der Waals surface area contributed by atoms with Crippen LogP contribution in [0, 0.1) is 5.92 Å². The standard InChI is InChI=1S/C21H21ClN4O/c1-14(2)20(27)25-18(16-8-10-17(22)11-9-16)12-19(15-6-4-3-5-7-15)26-21(25)23-13-24-26/h3-11,13-14,18-19H,12H2,1-2H3/t18-,19-/m1/s1. The number of halogens is 1. The topological polar surface area (TPSA) is 51.0 Å². The van der Waals surface area contributed by atoms with Crippen LogP contribution in [0.3, 0.4) is 0 Å². The number of fused-ring (bicyclic) bond motifs is 1. The Balaban J connectivity index is 1.85. The van der Waals surface area contributed by atoms with Crippen molar-refractivity contribution >= 4 is 23.5 Å². The van der Waals surface area contributed by atoms with Crippen molar-refractivity contribution in [3.05, 3.63) is 77.1 Å². The summed E-state index contributed by atoms with van der Waals surface area (Å²) in [5, 5.41) is 5.12. The van der Waals surface area contributed by atoms with Gasteiger partial charge in [0, 0.05) is 10.9 Å². The quantitative estimate of drug-likeness (QED) is 0.664. The van der Waals surface area contributed by atoms with Crippen LogP contribution in [0.25, 0.3) is 0 Å². The van der Waals surface area contributed by atoms with E-state index in [1.807, 2.05) is 61.0 Å². The number of nitrogens with zero attached hydrogens (tertiary/aromatic N) is 4. The summed E-state index contributed by atoms with van der Waals surface area (Å²) >= 11 is 6.08. The van der Waals surface area contributed by atoms with Crippen molar-refractivity contribution in [3.63, 3.8) is 0 Å². The van der Waals surface area contributed by atoms with E-state index in [1.165, 1.54) is 6.33 Å². The molecule has 0 fully saturated rings. The molecule has 5 nitrogen and oxygen atoms in total. The molecule has 0 spiro atoms. The molecule has 1 aliphatic heterocycles. The van der Waals surface area contributed by atoms with Gasteiger partial charge in [0.2, 0.25) is 11.9 Å². The lowest BCUT2D eigenvalue weighted by atomic mass is 9.91. The lowest BCUT2D eigenvalue weighted by Crippen LogP contribution is -2.44. The predicted octanol–water partition coefficient (Wildman–Crippen LogP) is 4.65. The minimum atomic E-state index is -0.141. The summed E-state index contributed by atoms with van der Waals surface area (Å²) in [6.07, 6.45) is 2.25. The number of benzene rings is 2. The minimum absolute atomic E-state index is 0.0144. The highest BCUT2D eigenvalue weighted by molar-refractivity contribution is 6.30. The fraction of sp³-hybridized carbons (Fsp3) is 0.286. The number of carbonyl (C=O) groups is 1. The summed E-state index contributed by atoms with van der Waals surface area (Å²) in [6, 6.07) is 17.8. The molecule has 4 rings (SSSR count). The van der Waals surface area contributed by atoms with E-state index < -0.39 is 0 Å². The van der Waals surface area contributed by atoms with Gasteiger partial charge in [0.1, 0.15) is 6.33 Å². The Labute approximate surface area is 163 Å². The molecule has 0 N–H and O–H groups in total. The van der Waals surface area contributed by atoms with Crippen molar-refractivity contribution in [1.82, 2.24) is 14.8 Å². The van der Waals surface area contributed by atoms with Crippen LogP contribution in [0.15, 0.2) is 60.9 Å². The second-order valence-corrected chi connectivity index (χ2v) is 7.53. The van der Waals surface area contributed by atoms with E-state index in [-0.39, 0.29) is 23.9 Å². The Morgan fingerprint density at radius 3 is 2.37 bits per heavy atom. The molecule has 2 heterocycles. The summed E-state index contributed by atoms with van der Waals surface area (Å²) in [6.45, 7) is 3.82. The molecule has 2 aromatic carbocycles. The Bertz CT molecular complexity index is 936. The number of hydrogen-bond donors (Lipinski definition) is 0. The molecule has 0 aliphatic carbocycles. The highest BCUT2D eigenvalue weighted by Gasteiger charge is 2.39. The van der Waals surface area contributed by atoms with E-state index in [0.717, 1.165) is 17.5 Å². The van der Waals surface area contributed by atoms with Crippen molar-refractivity contribution in [2.45, 2.75) is 32.4 Å². The molecule has 1 aliphatic rings. The maximum absolute atomic E-state index is 13.1. The van der Waals surface area contributed by atoms with Crippen LogP contribution >= 0.6 is 11.6 Å². The summed E-state index contributed by atoms with van der Waals surface area (Å²) in [4.78, 5) is 19.3. The smallest absolute Gasteiger partial charge is 0.232 e. The van der Waals surface area contributed by atoms with Crippen molar-refractivity contribution in [2.75, 3.05) is 4.90 Å². The summed E-state index contributed by atoms with van der Waals surface area (Å²) < 4.78 is 1.86. The van der Waals surface area contributed by atoms with E-state index in [1.54, 1.807) is 4.90 Å². The highest BCUT2D eigenvalue weighted by Crippen LogP contribution is 2.42. The van der Waals surface area contributed by atoms with Gasteiger partial charge in [-0.25, -0.2) is 4.68 Å². The molecule has 0 saturated heterocycles. The lowest BCUT2D eigenvalue weighted by molar-refractivity contribution is -0.122. The zero-order valence-electron chi connectivity index (χ0n) is 15.3. The van der Waals surface area contributed by atoms with Gasteiger partial charge < -0.3 is 0 Å². The van der Waals surface area contributed by atoms with Gasteiger partial charge in [0.25, 0.3) is 0 Å². The van der Waals surface area contributed by atoms with Crippen LogP contribution in [0.1, 0.15) is 43.5 Å². The lowest BCUT2D eigenvalue weighted by Gasteiger charge is -2.39. The maximum Gasteiger partial charge on any atom is 0.232 e. The first-order valence-electron chi connectivity index (χ1n) is 9.09. The molecular formula is C21H21ClN4O. The van der Waals surface area contributed by atoms with Gasteiger partial charge in [0.05, 0.1) is 12.1 Å². The van der Waals surface area contributed by atoms with E-state index in [9.17, 15) is 4.79 Å². The maximum atomic E-state index is 13.1. The molecule has 2 atom stereocenters. The average molecular weight is 381 g/mol. The zero-order valence-corrected chi connectivity index (χ0v) is 16.0. The van der Waals surface area contributed by atoms with Crippen LogP contribution in [0.2, 0.25) is 5.02 Å². The van der Waals surface area contributed by atoms with Crippen molar-refractivity contribution in [1.29, 1.82) is 0 Å². The van der Waals surface area contributed by atoms with Crippen LogP contribution in [-0.4, -0.2) is 20.7 Å². The second-order valence-electron chi connectivity index (χ2n) is 7.10. The van der Waals surface area contributed by atoms with Crippen molar-refractivity contribution < 1.29 is 4.79 Å². The average Bonchev–Trinajstić information content (AvgIpc) is 3.17. The van der Waals surface area contributed by atoms with Crippen LogP contribution in [0.5, 0.6) is 0 Å². The third-order valence-electron chi connectivity index (χ3n) is 4.99. The Morgan fingerprint density at radius 2 is 1.70 bits per heavy atom. The molecule has 1 aromatic heterocycles. The number of hydrogen-bond acceptors (Lipinski definition) is 3. The molecule has 0 unspecified atom stereocenters. The summed E-state index contributed by atoms with van der Waals surface area (Å²) in [5.41, 5.74) is 2.20. The Morgan fingerprint density at radius 1 is 1.04 bits per heavy atom. The molecule has 3 aromatic rings. The van der Waals surface area contributed by atoms with E-state index in [2.05, 4.69) is 22.2 Å². The fourth-order valence-electron chi connectivity index (χ4n) is 3.65. The number of amides is 1. The third-order valence-corrected chi connectivity index (χ3v) is 5.25. The van der Waals surface area contributed by atoms with Crippen LogP contribution in [-0.2, 0) is 4.79 Å². The van der Waals surface area contributed by atoms with Gasteiger partial charge in [-0.15, -0.1) is 0 Å². The zero-order chi connectivity index (χ0) is 19.0. The largest absolute Gasteiger partial charge is 0.274 e. The molecule has 0 radical (unpaired) electrons. The Hall–Kier alpha value is -2.66. The molecular weight excluding hydrogens is 360 g/mol. The summed E-state index contributed by atoms with van der Waals surface area (Å²) in [7, 11) is 0. The normalized spacial score (nSPS) is 19.2. The van der Waals surface area contributed by atoms with Crippen LogP contribution in [0.4, 0.5) is 5.95 Å². The van der Waals surface area contributed by atoms with E-state index in [4.69, 9.17) is 11.6 Å². The van der Waals surface area contributed by atoms with Gasteiger partial charge in [-0.2, -0.15) is 10.1 Å². The minimum Gasteiger partial charge on any atom is -0.274 e. The van der Waals surface area contributed by atoms with E-state index in [0.29, 0.717) is 11.0 Å². The van der Waals surface area contributed by atoms with E-state index >= 15 is 0 Å². The summed E-state index contributed by atoms with van der Waals surface area (Å²) in [5.74, 6) is 0.489. The first-order chi connectivity index (χ1) is 13.1. The van der Waals surface area contributed by atoms with Gasteiger partial charge in [-0.3, -0.25) is 9.69 Å². The molecule has 138 valence electrons. The molecule has 6 heteroatoms. The first-order valence-corrected chi connectivity index (χ1v) is 9.47. The monoisotopic (exact) mass is 380 g/mol. The van der Waals surface area contributed by atoms with Gasteiger partial charge in [-0.05, 0) is 29.7 Å².